The molecule has 0 radical (unpaired) electrons. The van der Waals surface area contributed by atoms with Gasteiger partial charge in [0.05, 0.1) is 18.7 Å². The summed E-state index contributed by atoms with van der Waals surface area (Å²) in [6.07, 6.45) is 3.85. The third-order valence-electron chi connectivity index (χ3n) is 4.74. The van der Waals surface area contributed by atoms with Crippen LogP contribution >= 0.6 is 0 Å². The zero-order valence-electron chi connectivity index (χ0n) is 14.9. The van der Waals surface area contributed by atoms with Crippen LogP contribution in [0.1, 0.15) is 29.5 Å². The lowest BCUT2D eigenvalue weighted by atomic mass is 9.90. The van der Waals surface area contributed by atoms with Crippen molar-refractivity contribution >= 4 is 5.91 Å². The molecule has 1 fully saturated rings. The zero-order valence-corrected chi connectivity index (χ0v) is 14.9. The van der Waals surface area contributed by atoms with Crippen molar-refractivity contribution in [2.24, 2.45) is 13.0 Å². The van der Waals surface area contributed by atoms with Crippen molar-refractivity contribution in [3.8, 4) is 0 Å². The van der Waals surface area contributed by atoms with Crippen LogP contribution in [-0.4, -0.2) is 35.4 Å². The number of nitrogens with one attached hydrogen (secondary N) is 2. The molecule has 1 aliphatic rings. The predicted octanol–water partition coefficient (Wildman–Crippen LogP) is 1.58. The van der Waals surface area contributed by atoms with Gasteiger partial charge in [0.25, 0.3) is 0 Å². The SMILES string of the molecule is CCOCc1ccccc1CNC(=O)[C@H]1CNC[C@@H]1c1cnn(C)c1. The van der Waals surface area contributed by atoms with Crippen LogP contribution < -0.4 is 10.6 Å². The molecular formula is C19H26N4O2. The van der Waals surface area contributed by atoms with Gasteiger partial charge in [0, 0.05) is 45.4 Å². The van der Waals surface area contributed by atoms with E-state index in [-0.39, 0.29) is 17.7 Å². The predicted molar refractivity (Wildman–Crippen MR) is 95.9 cm³/mol. The highest BCUT2D eigenvalue weighted by Gasteiger charge is 2.34. The number of rotatable bonds is 7. The monoisotopic (exact) mass is 342 g/mol. The van der Waals surface area contributed by atoms with Crippen LogP contribution in [0.4, 0.5) is 0 Å². The molecule has 6 nitrogen and oxygen atoms in total. The lowest BCUT2D eigenvalue weighted by Crippen LogP contribution is -2.34. The Morgan fingerprint density at radius 1 is 1.36 bits per heavy atom. The third-order valence-corrected chi connectivity index (χ3v) is 4.74. The van der Waals surface area contributed by atoms with Crippen LogP contribution in [0.3, 0.4) is 0 Å². The van der Waals surface area contributed by atoms with E-state index in [0.29, 0.717) is 26.3 Å². The van der Waals surface area contributed by atoms with E-state index in [4.69, 9.17) is 4.74 Å². The van der Waals surface area contributed by atoms with Gasteiger partial charge in [-0.3, -0.25) is 9.48 Å². The molecule has 0 bridgehead atoms. The molecule has 3 rings (SSSR count). The van der Waals surface area contributed by atoms with Crippen LogP contribution in [0.2, 0.25) is 0 Å². The highest BCUT2D eigenvalue weighted by Crippen LogP contribution is 2.28. The van der Waals surface area contributed by atoms with Gasteiger partial charge in [-0.2, -0.15) is 5.10 Å². The first kappa shape index (κ1) is 17.6. The highest BCUT2D eigenvalue weighted by atomic mass is 16.5. The molecule has 1 saturated heterocycles. The number of carbonyl (C=O) groups is 1. The normalized spacial score (nSPS) is 19.9. The minimum absolute atomic E-state index is 0.0664. The van der Waals surface area contributed by atoms with Crippen LogP contribution in [0.25, 0.3) is 0 Å². The lowest BCUT2D eigenvalue weighted by Gasteiger charge is -2.18. The number of carbonyl (C=O) groups excluding carboxylic acids is 1. The van der Waals surface area contributed by atoms with Gasteiger partial charge in [-0.1, -0.05) is 24.3 Å². The second-order valence-corrected chi connectivity index (χ2v) is 6.44. The molecule has 1 aromatic heterocycles. The Hall–Kier alpha value is -2.18. The number of nitrogens with zero attached hydrogens (tertiary/aromatic N) is 2. The molecule has 0 saturated carbocycles. The summed E-state index contributed by atoms with van der Waals surface area (Å²) in [7, 11) is 1.90. The molecule has 1 aliphatic heterocycles. The number of aromatic nitrogens is 2. The number of amides is 1. The van der Waals surface area contributed by atoms with Gasteiger partial charge >= 0.3 is 0 Å². The first-order valence-electron chi connectivity index (χ1n) is 8.80. The van der Waals surface area contributed by atoms with Crippen molar-refractivity contribution in [1.29, 1.82) is 0 Å². The van der Waals surface area contributed by atoms with Gasteiger partial charge in [0.1, 0.15) is 0 Å². The Balaban J connectivity index is 1.62. The Bertz CT molecular complexity index is 713. The fourth-order valence-corrected chi connectivity index (χ4v) is 3.33. The molecule has 2 aromatic rings. The maximum atomic E-state index is 12.7. The third kappa shape index (κ3) is 4.27. The molecule has 6 heteroatoms. The smallest absolute Gasteiger partial charge is 0.225 e. The molecule has 25 heavy (non-hydrogen) atoms. The maximum absolute atomic E-state index is 12.7. The molecular weight excluding hydrogens is 316 g/mol. The van der Waals surface area contributed by atoms with E-state index in [1.807, 2.05) is 50.6 Å². The molecule has 0 unspecified atom stereocenters. The van der Waals surface area contributed by atoms with Crippen molar-refractivity contribution in [1.82, 2.24) is 20.4 Å². The summed E-state index contributed by atoms with van der Waals surface area (Å²) in [5, 5.41) is 10.7. The fourth-order valence-electron chi connectivity index (χ4n) is 3.33. The minimum Gasteiger partial charge on any atom is -0.377 e. The summed E-state index contributed by atoms with van der Waals surface area (Å²) in [5.41, 5.74) is 3.34. The van der Waals surface area contributed by atoms with E-state index in [2.05, 4.69) is 15.7 Å². The quantitative estimate of drug-likeness (QED) is 0.802. The first-order valence-corrected chi connectivity index (χ1v) is 8.80. The van der Waals surface area contributed by atoms with E-state index in [1.54, 1.807) is 4.68 Å². The maximum Gasteiger partial charge on any atom is 0.225 e. The van der Waals surface area contributed by atoms with Crippen molar-refractivity contribution in [2.75, 3.05) is 19.7 Å². The Kier molecular flexibility index (Phi) is 5.83. The Morgan fingerprint density at radius 3 is 2.88 bits per heavy atom. The largest absolute Gasteiger partial charge is 0.377 e. The van der Waals surface area contributed by atoms with E-state index >= 15 is 0 Å². The lowest BCUT2D eigenvalue weighted by molar-refractivity contribution is -0.125. The second kappa shape index (κ2) is 8.27. The minimum atomic E-state index is -0.0664. The van der Waals surface area contributed by atoms with E-state index < -0.39 is 0 Å². The van der Waals surface area contributed by atoms with Crippen molar-refractivity contribution < 1.29 is 9.53 Å². The highest BCUT2D eigenvalue weighted by molar-refractivity contribution is 5.80. The summed E-state index contributed by atoms with van der Waals surface area (Å²) < 4.78 is 7.30. The van der Waals surface area contributed by atoms with Gasteiger partial charge in [-0.15, -0.1) is 0 Å². The Labute approximate surface area is 148 Å². The van der Waals surface area contributed by atoms with Crippen molar-refractivity contribution in [3.05, 3.63) is 53.3 Å². The molecule has 2 N–H and O–H groups in total. The summed E-state index contributed by atoms with van der Waals surface area (Å²) in [4.78, 5) is 12.7. The summed E-state index contributed by atoms with van der Waals surface area (Å²) in [6, 6.07) is 8.08. The Morgan fingerprint density at radius 2 is 2.16 bits per heavy atom. The van der Waals surface area contributed by atoms with Gasteiger partial charge in [-0.25, -0.2) is 0 Å². The average molecular weight is 342 g/mol. The fraction of sp³-hybridized carbons (Fsp3) is 0.474. The number of ether oxygens (including phenoxy) is 1. The van der Waals surface area contributed by atoms with Crippen LogP contribution in [0, 0.1) is 5.92 Å². The van der Waals surface area contributed by atoms with E-state index in [1.165, 1.54) is 0 Å². The van der Waals surface area contributed by atoms with E-state index in [9.17, 15) is 4.79 Å². The first-order chi connectivity index (χ1) is 12.2. The summed E-state index contributed by atoms with van der Waals surface area (Å²) in [5.74, 6) is 0.195. The average Bonchev–Trinajstić information content (AvgIpc) is 3.27. The number of hydrogen-bond acceptors (Lipinski definition) is 4. The topological polar surface area (TPSA) is 68.2 Å². The summed E-state index contributed by atoms with van der Waals surface area (Å²) in [6.45, 7) is 5.28. The second-order valence-electron chi connectivity index (χ2n) is 6.44. The van der Waals surface area contributed by atoms with Gasteiger partial charge < -0.3 is 15.4 Å². The van der Waals surface area contributed by atoms with Crippen LogP contribution in [0.15, 0.2) is 36.7 Å². The van der Waals surface area contributed by atoms with Crippen molar-refractivity contribution in [2.45, 2.75) is 26.0 Å². The molecule has 1 aromatic carbocycles. The number of benzene rings is 1. The standard InChI is InChI=1S/C19H26N4O2/c1-3-25-13-15-7-5-4-6-14(15)8-21-19(24)18-11-20-10-17(18)16-9-22-23(2)12-16/h4-7,9,12,17-18,20H,3,8,10-11,13H2,1-2H3,(H,21,24)/t17-,18+/m1/s1. The molecule has 0 aliphatic carbocycles. The summed E-state index contributed by atoms with van der Waals surface area (Å²) >= 11 is 0. The molecule has 134 valence electrons. The van der Waals surface area contributed by atoms with Crippen LogP contribution in [0.5, 0.6) is 0 Å². The van der Waals surface area contributed by atoms with Crippen molar-refractivity contribution in [3.63, 3.8) is 0 Å². The zero-order chi connectivity index (χ0) is 17.6. The molecule has 0 spiro atoms. The van der Waals surface area contributed by atoms with Gasteiger partial charge in [0.2, 0.25) is 5.91 Å². The van der Waals surface area contributed by atoms with Crippen LogP contribution in [-0.2, 0) is 29.7 Å². The molecule has 1 amide bonds. The molecule has 2 atom stereocenters. The van der Waals surface area contributed by atoms with E-state index in [0.717, 1.165) is 23.2 Å². The number of aryl methyl sites for hydroxylation is 1. The van der Waals surface area contributed by atoms with Gasteiger partial charge in [-0.05, 0) is 23.6 Å². The van der Waals surface area contributed by atoms with Gasteiger partial charge in [0.15, 0.2) is 0 Å². The number of hydrogen-bond donors (Lipinski definition) is 2. The molecule has 2 heterocycles.